The summed E-state index contributed by atoms with van der Waals surface area (Å²) < 4.78 is 5.89. The van der Waals surface area contributed by atoms with Gasteiger partial charge in [-0.3, -0.25) is 0 Å². The second-order valence-corrected chi connectivity index (χ2v) is 5.64. The summed E-state index contributed by atoms with van der Waals surface area (Å²) in [4.78, 5) is 0. The molecule has 1 aromatic rings. The summed E-state index contributed by atoms with van der Waals surface area (Å²) in [6, 6.07) is 11.6. The maximum absolute atomic E-state index is 5.89. The summed E-state index contributed by atoms with van der Waals surface area (Å²) in [6.07, 6.45) is 3.32. The van der Waals surface area contributed by atoms with Crippen molar-refractivity contribution >= 4 is 0 Å². The summed E-state index contributed by atoms with van der Waals surface area (Å²) in [6.45, 7) is 7.56. The topological polar surface area (TPSA) is 21.3 Å². The molecule has 2 heteroatoms. The van der Waals surface area contributed by atoms with Gasteiger partial charge in [-0.05, 0) is 38.7 Å². The third kappa shape index (κ3) is 3.33. The Balaban J connectivity index is 1.93. The van der Waals surface area contributed by atoms with Gasteiger partial charge in [-0.1, -0.05) is 37.3 Å². The number of ether oxygens (including phenoxy) is 1. The van der Waals surface area contributed by atoms with Crippen molar-refractivity contribution in [2.45, 2.75) is 57.7 Å². The van der Waals surface area contributed by atoms with E-state index in [1.54, 1.807) is 0 Å². The average molecular weight is 247 g/mol. The Morgan fingerprint density at radius 1 is 1.39 bits per heavy atom. The fourth-order valence-corrected chi connectivity index (χ4v) is 2.71. The minimum Gasteiger partial charge on any atom is -0.375 e. The quantitative estimate of drug-likeness (QED) is 0.876. The Kier molecular flexibility index (Phi) is 4.41. The lowest BCUT2D eigenvalue weighted by Gasteiger charge is -2.39. The molecule has 1 aromatic carbocycles. The maximum Gasteiger partial charge on any atom is 0.0666 e. The molecule has 100 valence electrons. The highest BCUT2D eigenvalue weighted by Gasteiger charge is 2.32. The highest BCUT2D eigenvalue weighted by atomic mass is 16.5. The molecule has 1 heterocycles. The van der Waals surface area contributed by atoms with E-state index in [0.29, 0.717) is 12.1 Å². The predicted octanol–water partition coefficient (Wildman–Crippen LogP) is 3.68. The zero-order valence-corrected chi connectivity index (χ0v) is 11.8. The number of rotatable bonds is 4. The highest BCUT2D eigenvalue weighted by Crippen LogP contribution is 2.29. The van der Waals surface area contributed by atoms with E-state index < -0.39 is 0 Å². The molecule has 0 bridgehead atoms. The van der Waals surface area contributed by atoms with Crippen molar-refractivity contribution < 1.29 is 4.74 Å². The molecule has 0 aliphatic carbocycles. The molecule has 1 saturated heterocycles. The van der Waals surface area contributed by atoms with Gasteiger partial charge in [0, 0.05) is 18.7 Å². The molecule has 1 fully saturated rings. The first kappa shape index (κ1) is 13.6. The standard InChI is InChI=1S/C16H25NO/c1-4-16(3)12-15(10-11-18-16)17-13(2)14-8-6-5-7-9-14/h5-9,13,15,17H,4,10-12H2,1-3H3/t13-,15?,16?/m0/s1. The molecule has 1 aliphatic rings. The Hall–Kier alpha value is -0.860. The van der Waals surface area contributed by atoms with E-state index in [4.69, 9.17) is 4.74 Å². The predicted molar refractivity (Wildman–Crippen MR) is 75.7 cm³/mol. The van der Waals surface area contributed by atoms with Crippen LogP contribution in [-0.4, -0.2) is 18.2 Å². The van der Waals surface area contributed by atoms with Crippen molar-refractivity contribution in [1.29, 1.82) is 0 Å². The molecule has 2 nitrogen and oxygen atoms in total. The van der Waals surface area contributed by atoms with E-state index in [0.717, 1.165) is 25.9 Å². The van der Waals surface area contributed by atoms with Crippen molar-refractivity contribution in [2.24, 2.45) is 0 Å². The van der Waals surface area contributed by atoms with Crippen molar-refractivity contribution in [3.05, 3.63) is 35.9 Å². The maximum atomic E-state index is 5.89. The third-order valence-electron chi connectivity index (χ3n) is 4.13. The number of benzene rings is 1. The first-order valence-corrected chi connectivity index (χ1v) is 7.08. The van der Waals surface area contributed by atoms with Crippen LogP contribution < -0.4 is 5.32 Å². The van der Waals surface area contributed by atoms with Crippen LogP contribution in [0.2, 0.25) is 0 Å². The van der Waals surface area contributed by atoms with Gasteiger partial charge in [0.2, 0.25) is 0 Å². The number of hydrogen-bond acceptors (Lipinski definition) is 2. The van der Waals surface area contributed by atoms with Crippen LogP contribution in [0.15, 0.2) is 30.3 Å². The van der Waals surface area contributed by atoms with Gasteiger partial charge in [0.15, 0.2) is 0 Å². The van der Waals surface area contributed by atoms with Crippen LogP contribution in [0.25, 0.3) is 0 Å². The Morgan fingerprint density at radius 2 is 2.11 bits per heavy atom. The molecule has 3 atom stereocenters. The van der Waals surface area contributed by atoms with Gasteiger partial charge in [0.25, 0.3) is 0 Å². The number of hydrogen-bond donors (Lipinski definition) is 1. The molecule has 0 aromatic heterocycles. The Morgan fingerprint density at radius 3 is 2.78 bits per heavy atom. The van der Waals surface area contributed by atoms with Crippen molar-refractivity contribution in [2.75, 3.05) is 6.61 Å². The second kappa shape index (κ2) is 5.85. The zero-order valence-electron chi connectivity index (χ0n) is 11.8. The van der Waals surface area contributed by atoms with Gasteiger partial charge >= 0.3 is 0 Å². The largest absolute Gasteiger partial charge is 0.375 e. The molecule has 2 rings (SSSR count). The van der Waals surface area contributed by atoms with Gasteiger partial charge in [-0.2, -0.15) is 0 Å². The monoisotopic (exact) mass is 247 g/mol. The first-order chi connectivity index (χ1) is 8.63. The second-order valence-electron chi connectivity index (χ2n) is 5.64. The molecular weight excluding hydrogens is 222 g/mol. The molecule has 1 aliphatic heterocycles. The fourth-order valence-electron chi connectivity index (χ4n) is 2.71. The average Bonchev–Trinajstić information content (AvgIpc) is 2.40. The van der Waals surface area contributed by atoms with E-state index in [1.807, 2.05) is 0 Å². The Bertz CT molecular complexity index is 365. The molecule has 18 heavy (non-hydrogen) atoms. The smallest absolute Gasteiger partial charge is 0.0666 e. The SMILES string of the molecule is CCC1(C)CC(N[C@@H](C)c2ccccc2)CCO1. The van der Waals surface area contributed by atoms with Crippen molar-refractivity contribution in [3.63, 3.8) is 0 Å². The first-order valence-electron chi connectivity index (χ1n) is 7.08. The van der Waals surface area contributed by atoms with Gasteiger partial charge in [-0.15, -0.1) is 0 Å². The minimum atomic E-state index is 0.0618. The van der Waals surface area contributed by atoms with Crippen LogP contribution in [0.3, 0.4) is 0 Å². The lowest BCUT2D eigenvalue weighted by Crippen LogP contribution is -2.45. The van der Waals surface area contributed by atoms with Crippen LogP contribution in [0.1, 0.15) is 51.6 Å². The molecule has 0 saturated carbocycles. The molecule has 2 unspecified atom stereocenters. The van der Waals surface area contributed by atoms with Crippen molar-refractivity contribution in [3.8, 4) is 0 Å². The fraction of sp³-hybridized carbons (Fsp3) is 0.625. The normalized spacial score (nSPS) is 30.1. The van der Waals surface area contributed by atoms with E-state index in [1.165, 1.54) is 5.56 Å². The molecule has 0 radical (unpaired) electrons. The van der Waals surface area contributed by atoms with Gasteiger partial charge in [0.05, 0.1) is 5.60 Å². The van der Waals surface area contributed by atoms with Crippen LogP contribution in [-0.2, 0) is 4.74 Å². The summed E-state index contributed by atoms with van der Waals surface area (Å²) in [5.74, 6) is 0. The van der Waals surface area contributed by atoms with Gasteiger partial charge < -0.3 is 10.1 Å². The molecule has 0 spiro atoms. The third-order valence-corrected chi connectivity index (χ3v) is 4.13. The minimum absolute atomic E-state index is 0.0618. The molecule has 1 N–H and O–H groups in total. The van der Waals surface area contributed by atoms with Gasteiger partial charge in [0.1, 0.15) is 0 Å². The zero-order chi connectivity index (χ0) is 13.0. The van der Waals surface area contributed by atoms with Crippen LogP contribution in [0.5, 0.6) is 0 Å². The number of nitrogens with one attached hydrogen (secondary N) is 1. The van der Waals surface area contributed by atoms with Crippen LogP contribution in [0.4, 0.5) is 0 Å². The molecule has 0 amide bonds. The summed E-state index contributed by atoms with van der Waals surface area (Å²) in [5, 5.41) is 3.74. The van der Waals surface area contributed by atoms with Crippen LogP contribution in [0, 0.1) is 0 Å². The summed E-state index contributed by atoms with van der Waals surface area (Å²) in [7, 11) is 0. The van der Waals surface area contributed by atoms with E-state index in [2.05, 4.69) is 56.4 Å². The molecular formula is C16H25NO. The lowest BCUT2D eigenvalue weighted by atomic mass is 9.89. The van der Waals surface area contributed by atoms with E-state index in [9.17, 15) is 0 Å². The van der Waals surface area contributed by atoms with Crippen LogP contribution >= 0.6 is 0 Å². The summed E-state index contributed by atoms with van der Waals surface area (Å²) in [5.41, 5.74) is 1.42. The van der Waals surface area contributed by atoms with Crippen molar-refractivity contribution in [1.82, 2.24) is 5.32 Å². The van der Waals surface area contributed by atoms with E-state index in [-0.39, 0.29) is 5.60 Å². The van der Waals surface area contributed by atoms with Gasteiger partial charge in [-0.25, -0.2) is 0 Å². The highest BCUT2D eigenvalue weighted by molar-refractivity contribution is 5.18. The Labute approximate surface area is 111 Å². The lowest BCUT2D eigenvalue weighted by molar-refractivity contribution is -0.0789. The van der Waals surface area contributed by atoms with E-state index >= 15 is 0 Å². The summed E-state index contributed by atoms with van der Waals surface area (Å²) >= 11 is 0.